The molecule has 1 aliphatic rings. The summed E-state index contributed by atoms with van der Waals surface area (Å²) in [5, 5.41) is 6.14. The Bertz CT molecular complexity index is 2750. The second-order valence-corrected chi connectivity index (χ2v) is 13.4. The monoisotopic (exact) mass is 613 g/mol. The molecule has 0 aliphatic heterocycles. The minimum Gasteiger partial charge on any atom is -0.309 e. The van der Waals surface area contributed by atoms with E-state index >= 15 is 0 Å². The number of hydrogen-bond donors (Lipinski definition) is 0. The fourth-order valence-electron chi connectivity index (χ4n) is 8.05. The molecule has 0 saturated carbocycles. The number of nitrogens with zero attached hydrogens (tertiary/aromatic N) is 3. The number of para-hydroxylation sites is 2. The summed E-state index contributed by atoms with van der Waals surface area (Å²) in [6.07, 6.45) is 0. The van der Waals surface area contributed by atoms with Crippen LogP contribution in [-0.4, -0.2) is 14.5 Å². The molecule has 10 rings (SSSR count). The maximum absolute atomic E-state index is 5.27. The average Bonchev–Trinajstić information content (AvgIpc) is 3.60. The molecule has 0 spiro atoms. The Morgan fingerprint density at radius 3 is 2.06 bits per heavy atom. The Morgan fingerprint density at radius 1 is 0.500 bits per heavy atom. The molecular formula is C45H31N3. The van der Waals surface area contributed by atoms with E-state index in [0.717, 1.165) is 39.2 Å². The van der Waals surface area contributed by atoms with Crippen molar-refractivity contribution in [3.05, 3.63) is 163 Å². The van der Waals surface area contributed by atoms with Crippen molar-refractivity contribution in [2.45, 2.75) is 19.3 Å². The lowest BCUT2D eigenvalue weighted by Crippen LogP contribution is -2.14. The summed E-state index contributed by atoms with van der Waals surface area (Å²) >= 11 is 0. The molecule has 0 N–H and O–H groups in total. The third-order valence-electron chi connectivity index (χ3n) is 10.4. The van der Waals surface area contributed by atoms with Gasteiger partial charge in [-0.25, -0.2) is 9.97 Å². The van der Waals surface area contributed by atoms with Crippen LogP contribution in [0.2, 0.25) is 0 Å². The normalized spacial score (nSPS) is 13.4. The minimum absolute atomic E-state index is 0.0808. The summed E-state index contributed by atoms with van der Waals surface area (Å²) in [4.78, 5) is 10.3. The molecule has 2 aromatic heterocycles. The largest absolute Gasteiger partial charge is 0.309 e. The van der Waals surface area contributed by atoms with Crippen LogP contribution in [0.25, 0.3) is 82.9 Å². The molecule has 0 saturated heterocycles. The van der Waals surface area contributed by atoms with Crippen LogP contribution in [0.3, 0.4) is 0 Å². The molecular weight excluding hydrogens is 583 g/mol. The molecule has 3 nitrogen and oxygen atoms in total. The zero-order valence-corrected chi connectivity index (χ0v) is 26.8. The molecule has 3 heteroatoms. The minimum atomic E-state index is -0.0808. The van der Waals surface area contributed by atoms with Gasteiger partial charge in [-0.3, -0.25) is 0 Å². The van der Waals surface area contributed by atoms with Crippen LogP contribution in [0.5, 0.6) is 0 Å². The van der Waals surface area contributed by atoms with E-state index in [0.29, 0.717) is 0 Å². The summed E-state index contributed by atoms with van der Waals surface area (Å²) in [6, 6.07) is 54.5. The van der Waals surface area contributed by atoms with Crippen molar-refractivity contribution >= 4 is 43.5 Å². The van der Waals surface area contributed by atoms with Crippen LogP contribution in [0.4, 0.5) is 0 Å². The molecule has 0 bridgehead atoms. The van der Waals surface area contributed by atoms with E-state index in [4.69, 9.17) is 9.97 Å². The standard InChI is InChI=1S/C45H31N3/c1-45(2)37-16-8-5-13-33(37)34-25-21-30(27-38(34)45)43-35-14-6-9-17-39(35)46-44(47-43)29-19-23-31(24-20-29)48-40-18-10-7-15-36(40)42-32-12-4-3-11-28(32)22-26-41(42)48/h3-27H,1-2H3. The first-order valence-corrected chi connectivity index (χ1v) is 16.6. The molecule has 2 heterocycles. The Morgan fingerprint density at radius 2 is 1.19 bits per heavy atom. The van der Waals surface area contributed by atoms with Gasteiger partial charge in [0.15, 0.2) is 5.82 Å². The average molecular weight is 614 g/mol. The summed E-state index contributed by atoms with van der Waals surface area (Å²) in [5.74, 6) is 0.728. The van der Waals surface area contributed by atoms with Crippen LogP contribution in [0, 0.1) is 0 Å². The second-order valence-electron chi connectivity index (χ2n) is 13.4. The van der Waals surface area contributed by atoms with Crippen LogP contribution >= 0.6 is 0 Å². The highest BCUT2D eigenvalue weighted by molar-refractivity contribution is 6.21. The third kappa shape index (κ3) is 3.82. The van der Waals surface area contributed by atoms with Crippen LogP contribution in [-0.2, 0) is 5.41 Å². The maximum atomic E-state index is 5.27. The lowest BCUT2D eigenvalue weighted by Gasteiger charge is -2.22. The lowest BCUT2D eigenvalue weighted by molar-refractivity contribution is 0.660. The molecule has 226 valence electrons. The second kappa shape index (κ2) is 9.97. The van der Waals surface area contributed by atoms with E-state index in [9.17, 15) is 0 Å². The third-order valence-corrected chi connectivity index (χ3v) is 10.4. The van der Waals surface area contributed by atoms with Gasteiger partial charge in [-0.05, 0) is 81.6 Å². The number of fused-ring (bicyclic) bond motifs is 9. The van der Waals surface area contributed by atoms with E-state index in [1.54, 1.807) is 0 Å². The highest BCUT2D eigenvalue weighted by Crippen LogP contribution is 2.49. The highest BCUT2D eigenvalue weighted by Gasteiger charge is 2.35. The van der Waals surface area contributed by atoms with Gasteiger partial charge in [0.1, 0.15) is 0 Å². The summed E-state index contributed by atoms with van der Waals surface area (Å²) < 4.78 is 2.37. The predicted octanol–water partition coefficient (Wildman–Crippen LogP) is 11.5. The lowest BCUT2D eigenvalue weighted by atomic mass is 9.82. The van der Waals surface area contributed by atoms with Gasteiger partial charge in [-0.15, -0.1) is 0 Å². The van der Waals surface area contributed by atoms with E-state index in [2.05, 4.69) is 170 Å². The molecule has 9 aromatic rings. The van der Waals surface area contributed by atoms with Gasteiger partial charge in [0.05, 0.1) is 22.2 Å². The van der Waals surface area contributed by atoms with Crippen LogP contribution < -0.4 is 0 Å². The summed E-state index contributed by atoms with van der Waals surface area (Å²) in [5.41, 5.74) is 12.8. The Kier molecular flexibility index (Phi) is 5.63. The van der Waals surface area contributed by atoms with Crippen molar-refractivity contribution < 1.29 is 0 Å². The molecule has 48 heavy (non-hydrogen) atoms. The number of aromatic nitrogens is 3. The van der Waals surface area contributed by atoms with Gasteiger partial charge in [-0.2, -0.15) is 0 Å². The molecule has 7 aromatic carbocycles. The first-order chi connectivity index (χ1) is 23.6. The van der Waals surface area contributed by atoms with Crippen LogP contribution in [0.1, 0.15) is 25.0 Å². The zero-order chi connectivity index (χ0) is 32.0. The molecule has 0 atom stereocenters. The van der Waals surface area contributed by atoms with Crippen molar-refractivity contribution in [1.82, 2.24) is 14.5 Å². The molecule has 0 radical (unpaired) electrons. The fraction of sp³-hybridized carbons (Fsp3) is 0.0667. The van der Waals surface area contributed by atoms with E-state index < -0.39 is 0 Å². The summed E-state index contributed by atoms with van der Waals surface area (Å²) in [7, 11) is 0. The number of rotatable bonds is 3. The van der Waals surface area contributed by atoms with E-state index in [1.165, 1.54) is 54.8 Å². The predicted molar refractivity (Wildman–Crippen MR) is 200 cm³/mol. The Hall–Kier alpha value is -6.06. The van der Waals surface area contributed by atoms with Crippen LogP contribution in [0.15, 0.2) is 152 Å². The summed E-state index contributed by atoms with van der Waals surface area (Å²) in [6.45, 7) is 4.65. The van der Waals surface area contributed by atoms with Crippen molar-refractivity contribution in [3.63, 3.8) is 0 Å². The smallest absolute Gasteiger partial charge is 0.160 e. The quantitative estimate of drug-likeness (QED) is 0.198. The topological polar surface area (TPSA) is 30.7 Å². The first-order valence-electron chi connectivity index (χ1n) is 16.6. The van der Waals surface area contributed by atoms with Crippen molar-refractivity contribution in [2.75, 3.05) is 0 Å². The van der Waals surface area contributed by atoms with Crippen molar-refractivity contribution in [2.24, 2.45) is 0 Å². The Labute approximate surface area is 278 Å². The fourth-order valence-corrected chi connectivity index (χ4v) is 8.05. The van der Waals surface area contributed by atoms with E-state index in [-0.39, 0.29) is 5.41 Å². The van der Waals surface area contributed by atoms with Gasteiger partial charge >= 0.3 is 0 Å². The van der Waals surface area contributed by atoms with Gasteiger partial charge in [0.25, 0.3) is 0 Å². The van der Waals surface area contributed by atoms with Crippen molar-refractivity contribution in [1.29, 1.82) is 0 Å². The van der Waals surface area contributed by atoms with Gasteiger partial charge in [0.2, 0.25) is 0 Å². The van der Waals surface area contributed by atoms with Crippen molar-refractivity contribution in [3.8, 4) is 39.5 Å². The molecule has 0 unspecified atom stereocenters. The van der Waals surface area contributed by atoms with Gasteiger partial charge < -0.3 is 4.57 Å². The first kappa shape index (κ1) is 27.1. The highest BCUT2D eigenvalue weighted by atomic mass is 15.0. The Balaban J connectivity index is 1.11. The van der Waals surface area contributed by atoms with Gasteiger partial charge in [0, 0.05) is 38.4 Å². The molecule has 1 aliphatic carbocycles. The number of benzene rings is 7. The number of hydrogen-bond acceptors (Lipinski definition) is 2. The zero-order valence-electron chi connectivity index (χ0n) is 26.8. The van der Waals surface area contributed by atoms with E-state index in [1.807, 2.05) is 0 Å². The maximum Gasteiger partial charge on any atom is 0.160 e. The molecule has 0 amide bonds. The van der Waals surface area contributed by atoms with Gasteiger partial charge in [-0.1, -0.05) is 117 Å². The molecule has 0 fully saturated rings. The SMILES string of the molecule is CC1(C)c2ccccc2-c2ccc(-c3nc(-c4ccc(-n5c6ccccc6c6c7ccccc7ccc65)cc4)nc4ccccc34)cc21.